The van der Waals surface area contributed by atoms with Gasteiger partial charge < -0.3 is 25.8 Å². The van der Waals surface area contributed by atoms with Crippen molar-refractivity contribution in [2.24, 2.45) is 5.73 Å². The predicted octanol–water partition coefficient (Wildman–Crippen LogP) is 2.81. The van der Waals surface area contributed by atoms with Crippen molar-refractivity contribution >= 4 is 46.9 Å². The molecular formula is C19H18ClN3O4S. The molecule has 1 unspecified atom stereocenters. The van der Waals surface area contributed by atoms with E-state index >= 15 is 0 Å². The summed E-state index contributed by atoms with van der Waals surface area (Å²) in [5.41, 5.74) is 6.20. The molecule has 1 aliphatic rings. The smallest absolute Gasteiger partial charge is 0.260 e. The first kappa shape index (κ1) is 19.9. The molecule has 2 amide bonds. The molecule has 3 rings (SSSR count). The highest BCUT2D eigenvalue weighted by molar-refractivity contribution is 8.05. The van der Waals surface area contributed by atoms with E-state index in [0.717, 1.165) is 5.56 Å². The van der Waals surface area contributed by atoms with E-state index in [9.17, 15) is 9.59 Å². The van der Waals surface area contributed by atoms with Crippen LogP contribution in [0.25, 0.3) is 6.08 Å². The van der Waals surface area contributed by atoms with Crippen molar-refractivity contribution in [3.8, 4) is 11.5 Å². The summed E-state index contributed by atoms with van der Waals surface area (Å²) in [6, 6.07) is 12.2. The second-order valence-corrected chi connectivity index (χ2v) is 7.38. The largest absolute Gasteiger partial charge is 0.495 e. The number of nitrogens with two attached hydrogens (primary N) is 1. The van der Waals surface area contributed by atoms with Gasteiger partial charge in [-0.2, -0.15) is 0 Å². The summed E-state index contributed by atoms with van der Waals surface area (Å²) in [6.07, 6.45) is 1.77. The molecule has 2 aromatic rings. The molecule has 0 radical (unpaired) electrons. The fourth-order valence-electron chi connectivity index (χ4n) is 2.47. The fraction of sp³-hybridized carbons (Fsp3) is 0.158. The third-order valence-corrected chi connectivity index (χ3v) is 5.00. The van der Waals surface area contributed by atoms with Crippen LogP contribution in [0.3, 0.4) is 0 Å². The van der Waals surface area contributed by atoms with Crippen molar-refractivity contribution < 1.29 is 19.1 Å². The van der Waals surface area contributed by atoms with Crippen molar-refractivity contribution in [2.45, 2.75) is 5.50 Å². The van der Waals surface area contributed by atoms with Gasteiger partial charge in [-0.25, -0.2) is 0 Å². The van der Waals surface area contributed by atoms with Crippen molar-refractivity contribution in [2.75, 3.05) is 19.0 Å². The molecule has 0 aliphatic carbocycles. The third kappa shape index (κ3) is 5.11. The number of ether oxygens (including phenoxy) is 2. The van der Waals surface area contributed by atoms with Gasteiger partial charge in [-0.05, 0) is 42.0 Å². The number of thioether (sulfide) groups is 1. The molecule has 1 atom stereocenters. The SMILES string of the molecule is COc1ccc(Cl)cc1NC1NC(=O)/C(=C/c2ccc(OCC(N)=O)cc2)S1. The molecule has 146 valence electrons. The van der Waals surface area contributed by atoms with E-state index in [1.807, 2.05) is 0 Å². The minimum Gasteiger partial charge on any atom is -0.495 e. The van der Waals surface area contributed by atoms with Crippen LogP contribution in [0, 0.1) is 0 Å². The van der Waals surface area contributed by atoms with Crippen LogP contribution < -0.4 is 25.8 Å². The van der Waals surface area contributed by atoms with Crippen LogP contribution in [0.2, 0.25) is 5.02 Å². The average molecular weight is 420 g/mol. The summed E-state index contributed by atoms with van der Waals surface area (Å²) < 4.78 is 10.5. The second-order valence-electron chi connectivity index (χ2n) is 5.79. The Morgan fingerprint density at radius 1 is 1.32 bits per heavy atom. The van der Waals surface area contributed by atoms with Crippen LogP contribution in [0.1, 0.15) is 5.56 Å². The maximum atomic E-state index is 12.3. The Kier molecular flexibility index (Phi) is 6.33. The number of anilines is 1. The first-order valence-corrected chi connectivity index (χ1v) is 9.51. The Morgan fingerprint density at radius 2 is 2.07 bits per heavy atom. The number of methoxy groups -OCH3 is 1. The van der Waals surface area contributed by atoms with Gasteiger partial charge in [0.2, 0.25) is 0 Å². The topological polar surface area (TPSA) is 103 Å². The fourth-order valence-corrected chi connectivity index (χ4v) is 3.61. The highest BCUT2D eigenvalue weighted by Crippen LogP contribution is 2.34. The van der Waals surface area contributed by atoms with Gasteiger partial charge in [0.05, 0.1) is 17.7 Å². The van der Waals surface area contributed by atoms with E-state index in [4.69, 9.17) is 26.8 Å². The molecule has 1 heterocycles. The third-order valence-electron chi connectivity index (χ3n) is 3.74. The maximum Gasteiger partial charge on any atom is 0.260 e. The normalized spacial score (nSPS) is 17.3. The summed E-state index contributed by atoms with van der Waals surface area (Å²) >= 11 is 7.39. The molecule has 0 aromatic heterocycles. The van der Waals surface area contributed by atoms with Crippen LogP contribution in [-0.4, -0.2) is 31.0 Å². The van der Waals surface area contributed by atoms with Gasteiger partial charge in [0.15, 0.2) is 12.1 Å². The van der Waals surface area contributed by atoms with Crippen molar-refractivity contribution in [3.63, 3.8) is 0 Å². The van der Waals surface area contributed by atoms with E-state index in [1.165, 1.54) is 11.8 Å². The van der Waals surface area contributed by atoms with E-state index in [2.05, 4.69) is 10.6 Å². The molecule has 7 nitrogen and oxygen atoms in total. The number of rotatable bonds is 7. The summed E-state index contributed by atoms with van der Waals surface area (Å²) in [6.45, 7) is -0.182. The molecule has 0 spiro atoms. The summed E-state index contributed by atoms with van der Waals surface area (Å²) in [7, 11) is 1.57. The van der Waals surface area contributed by atoms with E-state index in [-0.39, 0.29) is 18.0 Å². The van der Waals surface area contributed by atoms with E-state index in [1.54, 1.807) is 55.7 Å². The van der Waals surface area contributed by atoms with Crippen LogP contribution in [-0.2, 0) is 9.59 Å². The number of nitrogens with one attached hydrogen (secondary N) is 2. The Hall–Kier alpha value is -2.84. The molecule has 1 saturated heterocycles. The van der Waals surface area contributed by atoms with Gasteiger partial charge in [-0.3, -0.25) is 9.59 Å². The van der Waals surface area contributed by atoms with E-state index < -0.39 is 5.91 Å². The molecular weight excluding hydrogens is 402 g/mol. The highest BCUT2D eigenvalue weighted by Gasteiger charge is 2.27. The number of halogens is 1. The lowest BCUT2D eigenvalue weighted by atomic mass is 10.2. The molecule has 9 heteroatoms. The van der Waals surface area contributed by atoms with Crippen molar-refractivity contribution in [3.05, 3.63) is 58.0 Å². The van der Waals surface area contributed by atoms with Gasteiger partial charge in [0.1, 0.15) is 11.5 Å². The van der Waals surface area contributed by atoms with Gasteiger partial charge in [0.25, 0.3) is 11.8 Å². The minimum atomic E-state index is -0.542. The first-order chi connectivity index (χ1) is 13.4. The summed E-state index contributed by atoms with van der Waals surface area (Å²) in [4.78, 5) is 23.6. The molecule has 0 bridgehead atoms. The predicted molar refractivity (Wildman–Crippen MR) is 110 cm³/mol. The zero-order valence-corrected chi connectivity index (χ0v) is 16.5. The molecule has 0 saturated carbocycles. The Labute approximate surface area is 171 Å². The van der Waals surface area contributed by atoms with Crippen LogP contribution in [0.4, 0.5) is 5.69 Å². The van der Waals surface area contributed by atoms with Gasteiger partial charge in [-0.15, -0.1) is 0 Å². The van der Waals surface area contributed by atoms with Crippen LogP contribution in [0.15, 0.2) is 47.4 Å². The molecule has 28 heavy (non-hydrogen) atoms. The number of benzene rings is 2. The number of amides is 2. The number of hydrogen-bond acceptors (Lipinski definition) is 6. The molecule has 4 N–H and O–H groups in total. The maximum absolute atomic E-state index is 12.3. The number of hydrogen-bond donors (Lipinski definition) is 3. The van der Waals surface area contributed by atoms with Gasteiger partial charge in [0, 0.05) is 5.02 Å². The van der Waals surface area contributed by atoms with Gasteiger partial charge >= 0.3 is 0 Å². The van der Waals surface area contributed by atoms with Gasteiger partial charge in [-0.1, -0.05) is 35.5 Å². The van der Waals surface area contributed by atoms with Crippen LogP contribution >= 0.6 is 23.4 Å². The highest BCUT2D eigenvalue weighted by atomic mass is 35.5. The number of primary amides is 1. The average Bonchev–Trinajstić information content (AvgIpc) is 3.00. The van der Waals surface area contributed by atoms with Crippen molar-refractivity contribution in [1.29, 1.82) is 0 Å². The second kappa shape index (κ2) is 8.90. The van der Waals surface area contributed by atoms with Crippen LogP contribution in [0.5, 0.6) is 11.5 Å². The zero-order valence-electron chi connectivity index (χ0n) is 14.9. The lowest BCUT2D eigenvalue weighted by Gasteiger charge is -2.15. The Balaban J connectivity index is 1.67. The zero-order chi connectivity index (χ0) is 20.1. The first-order valence-electron chi connectivity index (χ1n) is 8.25. The number of carbonyl (C=O) groups is 2. The quantitative estimate of drug-likeness (QED) is 0.596. The number of carbonyl (C=O) groups excluding carboxylic acids is 2. The Morgan fingerprint density at radius 3 is 2.75 bits per heavy atom. The standard InChI is InChI=1S/C19H18ClN3O4S/c1-26-15-7-4-12(20)9-14(15)22-19-23-18(25)16(28-19)8-11-2-5-13(6-3-11)27-10-17(21)24/h2-9,19,22H,10H2,1H3,(H2,21,24)(H,23,25)/b16-8-. The summed E-state index contributed by atoms with van der Waals surface area (Å²) in [5, 5.41) is 6.62. The monoisotopic (exact) mass is 419 g/mol. The molecule has 2 aromatic carbocycles. The van der Waals surface area contributed by atoms with E-state index in [0.29, 0.717) is 27.1 Å². The molecule has 1 fully saturated rings. The minimum absolute atomic E-state index is 0.182. The lowest BCUT2D eigenvalue weighted by molar-refractivity contribution is -0.120. The Bertz CT molecular complexity index is 918. The summed E-state index contributed by atoms with van der Waals surface area (Å²) in [5.74, 6) is 0.429. The van der Waals surface area contributed by atoms with Crippen molar-refractivity contribution in [1.82, 2.24) is 5.32 Å². The molecule has 1 aliphatic heterocycles. The lowest BCUT2D eigenvalue weighted by Crippen LogP contribution is -2.31.